The average molecular weight is 307 g/mol. The van der Waals surface area contributed by atoms with Gasteiger partial charge < -0.3 is 10.4 Å². The third-order valence-electron chi connectivity index (χ3n) is 3.19. The summed E-state index contributed by atoms with van der Waals surface area (Å²) in [5.41, 5.74) is 0.559. The Morgan fingerprint density at radius 2 is 2.38 bits per heavy atom. The first-order valence-corrected chi connectivity index (χ1v) is 8.14. The van der Waals surface area contributed by atoms with Crippen molar-refractivity contribution in [2.45, 2.75) is 25.3 Å². The first-order chi connectivity index (χ1) is 10.2. The summed E-state index contributed by atoms with van der Waals surface area (Å²) >= 11 is 1.83. The highest BCUT2D eigenvalue weighted by molar-refractivity contribution is 7.99. The maximum atomic E-state index is 13.9. The third-order valence-corrected chi connectivity index (χ3v) is 4.40. The molecule has 112 valence electrons. The van der Waals surface area contributed by atoms with Gasteiger partial charge in [-0.15, -0.1) is 0 Å². The van der Waals surface area contributed by atoms with Crippen molar-refractivity contribution >= 4 is 17.7 Å². The van der Waals surface area contributed by atoms with Crippen LogP contribution in [-0.2, 0) is 0 Å². The molecule has 1 aliphatic rings. The van der Waals surface area contributed by atoms with Gasteiger partial charge in [0.25, 0.3) is 5.91 Å². The standard InChI is InChI=1S/C16H18FNO2S/c17-15-10-13(7-6-12(15)4-1-2-8-19)16(20)18-14-5-3-9-21-11-14/h6-7,10,14,19H,2-3,5,8-9,11H2,(H,18,20). The van der Waals surface area contributed by atoms with E-state index in [0.717, 1.165) is 24.3 Å². The number of halogens is 1. The van der Waals surface area contributed by atoms with E-state index in [9.17, 15) is 9.18 Å². The number of benzene rings is 1. The summed E-state index contributed by atoms with van der Waals surface area (Å²) in [6.45, 7) is -0.0471. The van der Waals surface area contributed by atoms with Crippen LogP contribution in [0.4, 0.5) is 4.39 Å². The van der Waals surface area contributed by atoms with Crippen molar-refractivity contribution in [3.63, 3.8) is 0 Å². The van der Waals surface area contributed by atoms with E-state index in [1.54, 1.807) is 6.07 Å². The van der Waals surface area contributed by atoms with Crippen LogP contribution in [0.15, 0.2) is 18.2 Å². The Balaban J connectivity index is 2.01. The Bertz CT molecular complexity index is 559. The second-order valence-electron chi connectivity index (χ2n) is 4.86. The Hall–Kier alpha value is -1.51. The molecule has 2 N–H and O–H groups in total. The summed E-state index contributed by atoms with van der Waals surface area (Å²) in [6, 6.07) is 4.47. The first kappa shape index (κ1) is 15.9. The molecule has 1 amide bonds. The van der Waals surface area contributed by atoms with E-state index in [4.69, 9.17) is 5.11 Å². The van der Waals surface area contributed by atoms with Crippen LogP contribution >= 0.6 is 11.8 Å². The highest BCUT2D eigenvalue weighted by Crippen LogP contribution is 2.17. The summed E-state index contributed by atoms with van der Waals surface area (Å²) in [5, 5.41) is 11.6. The Morgan fingerprint density at radius 3 is 3.05 bits per heavy atom. The zero-order valence-electron chi connectivity index (χ0n) is 11.7. The van der Waals surface area contributed by atoms with E-state index < -0.39 is 5.82 Å². The number of thioether (sulfide) groups is 1. The molecule has 1 heterocycles. The molecule has 1 saturated heterocycles. The fourth-order valence-electron chi connectivity index (χ4n) is 2.09. The minimum atomic E-state index is -0.508. The molecule has 0 aromatic heterocycles. The molecule has 1 aromatic carbocycles. The highest BCUT2D eigenvalue weighted by Gasteiger charge is 2.17. The van der Waals surface area contributed by atoms with Crippen LogP contribution in [0, 0.1) is 17.7 Å². The van der Waals surface area contributed by atoms with Crippen molar-refractivity contribution < 1.29 is 14.3 Å². The fraction of sp³-hybridized carbons (Fsp3) is 0.438. The lowest BCUT2D eigenvalue weighted by atomic mass is 10.1. The molecular formula is C16H18FNO2S. The third kappa shape index (κ3) is 4.76. The van der Waals surface area contributed by atoms with Gasteiger partial charge in [-0.1, -0.05) is 11.8 Å². The molecular weight excluding hydrogens is 289 g/mol. The van der Waals surface area contributed by atoms with E-state index in [-0.39, 0.29) is 24.1 Å². The molecule has 2 rings (SSSR count). The number of aliphatic hydroxyl groups excluding tert-OH is 1. The van der Waals surface area contributed by atoms with E-state index in [2.05, 4.69) is 17.2 Å². The van der Waals surface area contributed by atoms with Crippen LogP contribution < -0.4 is 5.32 Å². The van der Waals surface area contributed by atoms with Crippen molar-refractivity contribution in [1.29, 1.82) is 0 Å². The quantitative estimate of drug-likeness (QED) is 0.842. The van der Waals surface area contributed by atoms with Gasteiger partial charge >= 0.3 is 0 Å². The highest BCUT2D eigenvalue weighted by atomic mass is 32.2. The van der Waals surface area contributed by atoms with Crippen LogP contribution in [-0.4, -0.2) is 35.2 Å². The molecule has 0 bridgehead atoms. The second kappa shape index (κ2) is 8.06. The maximum absolute atomic E-state index is 13.9. The molecule has 0 aliphatic carbocycles. The molecule has 1 fully saturated rings. The van der Waals surface area contributed by atoms with Crippen molar-refractivity contribution in [1.82, 2.24) is 5.32 Å². The van der Waals surface area contributed by atoms with Gasteiger partial charge in [-0.2, -0.15) is 11.8 Å². The molecule has 3 nitrogen and oxygen atoms in total. The van der Waals surface area contributed by atoms with Crippen LogP contribution in [0.3, 0.4) is 0 Å². The summed E-state index contributed by atoms with van der Waals surface area (Å²) in [4.78, 5) is 12.1. The van der Waals surface area contributed by atoms with Gasteiger partial charge in [-0.25, -0.2) is 4.39 Å². The normalized spacial score (nSPS) is 17.7. The van der Waals surface area contributed by atoms with Crippen molar-refractivity contribution in [2.75, 3.05) is 18.1 Å². The zero-order valence-corrected chi connectivity index (χ0v) is 12.5. The van der Waals surface area contributed by atoms with Crippen molar-refractivity contribution in [3.05, 3.63) is 35.1 Å². The molecule has 0 radical (unpaired) electrons. The molecule has 1 aromatic rings. The van der Waals surface area contributed by atoms with E-state index >= 15 is 0 Å². The van der Waals surface area contributed by atoms with Gasteiger partial charge in [-0.3, -0.25) is 4.79 Å². The van der Waals surface area contributed by atoms with Crippen LogP contribution in [0.5, 0.6) is 0 Å². The van der Waals surface area contributed by atoms with Crippen LogP contribution in [0.2, 0.25) is 0 Å². The minimum Gasteiger partial charge on any atom is -0.395 e. The number of carbonyl (C=O) groups is 1. The zero-order chi connectivity index (χ0) is 15.1. The molecule has 0 spiro atoms. The van der Waals surface area contributed by atoms with Crippen molar-refractivity contribution in [3.8, 4) is 11.8 Å². The van der Waals surface area contributed by atoms with E-state index in [1.165, 1.54) is 12.1 Å². The van der Waals surface area contributed by atoms with Gasteiger partial charge in [-0.05, 0) is 36.8 Å². The topological polar surface area (TPSA) is 49.3 Å². The Labute approximate surface area is 128 Å². The SMILES string of the molecule is O=C(NC1CCCSC1)c1ccc(C#CCCO)c(F)c1. The number of amides is 1. The lowest BCUT2D eigenvalue weighted by Crippen LogP contribution is -2.38. The Kier molecular flexibility index (Phi) is 6.09. The Morgan fingerprint density at radius 1 is 1.52 bits per heavy atom. The first-order valence-electron chi connectivity index (χ1n) is 6.98. The molecule has 1 unspecified atom stereocenters. The predicted octanol–water partition coefficient (Wildman–Crippen LogP) is 2.18. The molecule has 0 saturated carbocycles. The number of aliphatic hydroxyl groups is 1. The van der Waals surface area contributed by atoms with Crippen LogP contribution in [0.1, 0.15) is 35.2 Å². The van der Waals surface area contributed by atoms with E-state index in [1.807, 2.05) is 11.8 Å². The maximum Gasteiger partial charge on any atom is 0.251 e. The number of rotatable bonds is 3. The number of hydrogen-bond donors (Lipinski definition) is 2. The molecule has 21 heavy (non-hydrogen) atoms. The lowest BCUT2D eigenvalue weighted by Gasteiger charge is -2.22. The fourth-order valence-corrected chi connectivity index (χ4v) is 3.17. The summed E-state index contributed by atoms with van der Waals surface area (Å²) in [7, 11) is 0. The summed E-state index contributed by atoms with van der Waals surface area (Å²) < 4.78 is 13.9. The molecule has 1 aliphatic heterocycles. The minimum absolute atomic E-state index is 0.0471. The van der Waals surface area contributed by atoms with Gasteiger partial charge in [0.1, 0.15) is 5.82 Å². The monoisotopic (exact) mass is 307 g/mol. The second-order valence-corrected chi connectivity index (χ2v) is 6.01. The molecule has 1 atom stereocenters. The van der Waals surface area contributed by atoms with Gasteiger partial charge in [0.2, 0.25) is 0 Å². The predicted molar refractivity (Wildman–Crippen MR) is 82.8 cm³/mol. The number of hydrogen-bond acceptors (Lipinski definition) is 3. The van der Waals surface area contributed by atoms with Gasteiger partial charge in [0.05, 0.1) is 12.2 Å². The van der Waals surface area contributed by atoms with Gasteiger partial charge in [0, 0.05) is 23.8 Å². The average Bonchev–Trinajstić information content (AvgIpc) is 2.50. The summed E-state index contributed by atoms with van der Waals surface area (Å²) in [5.74, 6) is 6.61. The molecule has 5 heteroatoms. The smallest absolute Gasteiger partial charge is 0.251 e. The lowest BCUT2D eigenvalue weighted by molar-refractivity contribution is 0.0938. The van der Waals surface area contributed by atoms with Crippen LogP contribution in [0.25, 0.3) is 0 Å². The van der Waals surface area contributed by atoms with E-state index in [0.29, 0.717) is 12.0 Å². The van der Waals surface area contributed by atoms with Crippen molar-refractivity contribution in [2.24, 2.45) is 0 Å². The number of nitrogens with one attached hydrogen (secondary N) is 1. The number of carbonyl (C=O) groups excluding carboxylic acids is 1. The van der Waals surface area contributed by atoms with Gasteiger partial charge in [0.15, 0.2) is 0 Å². The largest absolute Gasteiger partial charge is 0.395 e. The summed E-state index contributed by atoms with van der Waals surface area (Å²) in [6.07, 6.45) is 2.39.